The van der Waals surface area contributed by atoms with Crippen molar-refractivity contribution >= 4 is 23.7 Å². The first-order valence-electron chi connectivity index (χ1n) is 8.27. The van der Waals surface area contributed by atoms with Crippen LogP contribution < -0.4 is 0 Å². The van der Waals surface area contributed by atoms with Crippen LogP contribution in [0.5, 0.6) is 0 Å². The fourth-order valence-corrected chi connectivity index (χ4v) is 4.18. The first-order chi connectivity index (χ1) is 11.5. The Hall–Kier alpha value is -1.76. The van der Waals surface area contributed by atoms with Crippen LogP contribution in [0, 0.1) is 5.92 Å². The predicted octanol–water partition coefficient (Wildman–Crippen LogP) is 2.02. The standard InChI is InChI=1S/C17H24N4O2S/c1-19(2)17(23)20-9-12-6-7-13(11-20)21(10-12)16(22)14-5-4-8-18-15(14)24-3/h4-5,8,12-13H,6-7,9-11H2,1-3H3/t12-,13+/m0/s1. The molecule has 3 saturated heterocycles. The second kappa shape index (κ2) is 7.01. The number of urea groups is 1. The summed E-state index contributed by atoms with van der Waals surface area (Å²) in [5.41, 5.74) is 0.669. The minimum absolute atomic E-state index is 0.0346. The van der Waals surface area contributed by atoms with Crippen molar-refractivity contribution in [1.29, 1.82) is 0 Å². The van der Waals surface area contributed by atoms with E-state index in [-0.39, 0.29) is 18.0 Å². The van der Waals surface area contributed by atoms with Gasteiger partial charge in [0, 0.05) is 46.0 Å². The van der Waals surface area contributed by atoms with E-state index in [0.29, 0.717) is 18.0 Å². The minimum atomic E-state index is 0.0346. The van der Waals surface area contributed by atoms with Crippen molar-refractivity contribution in [3.8, 4) is 0 Å². The van der Waals surface area contributed by atoms with E-state index in [1.165, 1.54) is 11.8 Å². The lowest BCUT2D eigenvalue weighted by Crippen LogP contribution is -2.48. The van der Waals surface area contributed by atoms with E-state index in [1.54, 1.807) is 25.2 Å². The van der Waals surface area contributed by atoms with E-state index in [4.69, 9.17) is 0 Å². The molecule has 3 fully saturated rings. The third-order valence-electron chi connectivity index (χ3n) is 4.82. The Labute approximate surface area is 147 Å². The van der Waals surface area contributed by atoms with Gasteiger partial charge in [0.1, 0.15) is 5.03 Å². The molecule has 0 radical (unpaired) electrons. The van der Waals surface area contributed by atoms with Crippen LogP contribution in [0.2, 0.25) is 0 Å². The molecule has 0 aromatic carbocycles. The van der Waals surface area contributed by atoms with Gasteiger partial charge in [0.05, 0.1) is 5.56 Å². The van der Waals surface area contributed by atoms with Crippen LogP contribution in [0.4, 0.5) is 4.79 Å². The largest absolute Gasteiger partial charge is 0.333 e. The molecule has 1 aromatic heterocycles. The molecule has 0 aliphatic carbocycles. The zero-order valence-electron chi connectivity index (χ0n) is 14.4. The molecule has 0 unspecified atom stereocenters. The van der Waals surface area contributed by atoms with Gasteiger partial charge in [-0.1, -0.05) is 0 Å². The van der Waals surface area contributed by atoms with Crippen LogP contribution in [0.1, 0.15) is 23.2 Å². The maximum atomic E-state index is 13.1. The number of pyridine rings is 1. The average molecular weight is 348 g/mol. The Morgan fingerprint density at radius 3 is 2.75 bits per heavy atom. The van der Waals surface area contributed by atoms with Crippen LogP contribution in [-0.4, -0.2) is 77.6 Å². The Kier molecular flexibility index (Phi) is 4.99. The third kappa shape index (κ3) is 3.22. The molecule has 3 aliphatic heterocycles. The fourth-order valence-electron chi connectivity index (χ4n) is 3.64. The van der Waals surface area contributed by atoms with Crippen molar-refractivity contribution in [2.24, 2.45) is 5.92 Å². The fraction of sp³-hybridized carbons (Fsp3) is 0.588. The molecular formula is C17H24N4O2S. The average Bonchev–Trinajstić information content (AvgIpc) is 2.92. The molecule has 0 N–H and O–H groups in total. The van der Waals surface area contributed by atoms with Gasteiger partial charge in [0.15, 0.2) is 0 Å². The number of fused-ring (bicyclic) bond motifs is 4. The lowest BCUT2D eigenvalue weighted by molar-refractivity contribution is 0.0581. The number of carbonyl (C=O) groups excluding carboxylic acids is 2. The Balaban J connectivity index is 1.83. The van der Waals surface area contributed by atoms with Crippen LogP contribution in [0.25, 0.3) is 0 Å². The number of carbonyl (C=O) groups is 2. The number of rotatable bonds is 2. The zero-order valence-corrected chi connectivity index (χ0v) is 15.3. The van der Waals surface area contributed by atoms with Crippen molar-refractivity contribution in [3.05, 3.63) is 23.9 Å². The summed E-state index contributed by atoms with van der Waals surface area (Å²) in [5, 5.41) is 0.767. The Morgan fingerprint density at radius 2 is 2.04 bits per heavy atom. The van der Waals surface area contributed by atoms with E-state index >= 15 is 0 Å². The molecule has 4 heterocycles. The molecule has 2 bridgehead atoms. The van der Waals surface area contributed by atoms with Gasteiger partial charge in [-0.3, -0.25) is 4.79 Å². The second-order valence-corrected chi connectivity index (χ2v) is 7.49. The van der Waals surface area contributed by atoms with Gasteiger partial charge in [0.2, 0.25) is 0 Å². The highest BCUT2D eigenvalue weighted by molar-refractivity contribution is 7.98. The van der Waals surface area contributed by atoms with Gasteiger partial charge in [-0.05, 0) is 37.1 Å². The van der Waals surface area contributed by atoms with Gasteiger partial charge in [-0.15, -0.1) is 11.8 Å². The molecular weight excluding hydrogens is 324 g/mol. The molecule has 7 heteroatoms. The van der Waals surface area contributed by atoms with Crippen LogP contribution >= 0.6 is 11.8 Å². The SMILES string of the molecule is CSc1ncccc1C(=O)N1C[C@H]2CC[C@@H]1CN(C(=O)N(C)C)C2. The highest BCUT2D eigenvalue weighted by Gasteiger charge is 2.39. The smallest absolute Gasteiger partial charge is 0.319 e. The molecule has 130 valence electrons. The molecule has 0 saturated carbocycles. The number of piperidine rings is 1. The van der Waals surface area contributed by atoms with Gasteiger partial charge in [0.25, 0.3) is 5.91 Å². The molecule has 0 spiro atoms. The first kappa shape index (κ1) is 17.1. The van der Waals surface area contributed by atoms with E-state index in [9.17, 15) is 9.59 Å². The van der Waals surface area contributed by atoms with E-state index in [1.807, 2.05) is 28.2 Å². The summed E-state index contributed by atoms with van der Waals surface area (Å²) in [4.78, 5) is 35.2. The number of hydrogen-bond donors (Lipinski definition) is 0. The normalized spacial score (nSPS) is 23.1. The van der Waals surface area contributed by atoms with Gasteiger partial charge in [-0.2, -0.15) is 0 Å². The van der Waals surface area contributed by atoms with Gasteiger partial charge in [-0.25, -0.2) is 9.78 Å². The van der Waals surface area contributed by atoms with E-state index in [2.05, 4.69) is 4.98 Å². The summed E-state index contributed by atoms with van der Waals surface area (Å²) < 4.78 is 0. The van der Waals surface area contributed by atoms with Crippen LogP contribution in [0.15, 0.2) is 23.4 Å². The third-order valence-corrected chi connectivity index (χ3v) is 5.53. The molecule has 3 amide bonds. The summed E-state index contributed by atoms with van der Waals surface area (Å²) >= 11 is 1.49. The van der Waals surface area contributed by atoms with Crippen molar-refractivity contribution in [2.45, 2.75) is 23.9 Å². The number of nitrogens with zero attached hydrogens (tertiary/aromatic N) is 4. The molecule has 24 heavy (non-hydrogen) atoms. The predicted molar refractivity (Wildman–Crippen MR) is 94.2 cm³/mol. The summed E-state index contributed by atoms with van der Waals surface area (Å²) in [5.74, 6) is 0.396. The van der Waals surface area contributed by atoms with Crippen molar-refractivity contribution in [1.82, 2.24) is 19.7 Å². The van der Waals surface area contributed by atoms with E-state index in [0.717, 1.165) is 31.0 Å². The molecule has 6 nitrogen and oxygen atoms in total. The minimum Gasteiger partial charge on any atom is -0.333 e. The summed E-state index contributed by atoms with van der Waals surface area (Å²) in [6, 6.07) is 3.79. The number of hydrogen-bond acceptors (Lipinski definition) is 4. The first-order valence-corrected chi connectivity index (χ1v) is 9.50. The monoisotopic (exact) mass is 348 g/mol. The molecule has 4 rings (SSSR count). The summed E-state index contributed by atoms with van der Waals surface area (Å²) in [7, 11) is 3.55. The summed E-state index contributed by atoms with van der Waals surface area (Å²) in [6.45, 7) is 2.08. The van der Waals surface area contributed by atoms with Gasteiger partial charge < -0.3 is 14.7 Å². The van der Waals surface area contributed by atoms with Crippen molar-refractivity contribution in [2.75, 3.05) is 40.0 Å². The number of aromatic nitrogens is 1. The van der Waals surface area contributed by atoms with Crippen molar-refractivity contribution in [3.63, 3.8) is 0 Å². The Bertz CT molecular complexity index is 637. The van der Waals surface area contributed by atoms with Gasteiger partial charge >= 0.3 is 6.03 Å². The lowest BCUT2D eigenvalue weighted by Gasteiger charge is -2.36. The maximum Gasteiger partial charge on any atom is 0.319 e. The second-order valence-electron chi connectivity index (χ2n) is 6.70. The number of amides is 3. The molecule has 2 atom stereocenters. The van der Waals surface area contributed by atoms with Crippen LogP contribution in [0.3, 0.4) is 0 Å². The van der Waals surface area contributed by atoms with Crippen molar-refractivity contribution < 1.29 is 9.59 Å². The quantitative estimate of drug-likeness (QED) is 0.768. The Morgan fingerprint density at radius 1 is 1.25 bits per heavy atom. The number of thioether (sulfide) groups is 1. The molecule has 3 aliphatic rings. The highest BCUT2D eigenvalue weighted by atomic mass is 32.2. The zero-order chi connectivity index (χ0) is 17.3. The maximum absolute atomic E-state index is 13.1. The van der Waals surface area contributed by atoms with Crippen LogP contribution in [-0.2, 0) is 0 Å². The van der Waals surface area contributed by atoms with E-state index < -0.39 is 0 Å². The lowest BCUT2D eigenvalue weighted by atomic mass is 9.94. The topological polar surface area (TPSA) is 56.8 Å². The highest BCUT2D eigenvalue weighted by Crippen LogP contribution is 2.30. The molecule has 1 aromatic rings. The summed E-state index contributed by atoms with van der Waals surface area (Å²) in [6.07, 6.45) is 5.69.